The Balaban J connectivity index is 2.55. The van der Waals surface area contributed by atoms with Crippen molar-refractivity contribution >= 4 is 0 Å². The third-order valence-electron chi connectivity index (χ3n) is 3.12. The Morgan fingerprint density at radius 2 is 1.79 bits per heavy atom. The molecule has 2 rings (SSSR count). The van der Waals surface area contributed by atoms with Gasteiger partial charge in [0.1, 0.15) is 0 Å². The fourth-order valence-electron chi connectivity index (χ4n) is 2.32. The Kier molecular flexibility index (Phi) is 2.34. The molecule has 0 aromatic carbocycles. The van der Waals surface area contributed by atoms with E-state index in [4.69, 9.17) is 0 Å². The molecule has 0 saturated carbocycles. The molecule has 1 aliphatic rings. The maximum atomic E-state index is 4.61. The Bertz CT molecular complexity index is 350. The minimum Gasteiger partial charge on any atom is -0.260 e. The summed E-state index contributed by atoms with van der Waals surface area (Å²) in [4.78, 5) is 4.61. The van der Waals surface area contributed by atoms with Crippen LogP contribution in [0.1, 0.15) is 61.9 Å². The monoisotopic (exact) mass is 189 g/mol. The van der Waals surface area contributed by atoms with Crippen molar-refractivity contribution in [3.8, 4) is 0 Å². The first-order valence-corrected chi connectivity index (χ1v) is 5.61. The number of hydrogen-bond acceptors (Lipinski definition) is 1. The van der Waals surface area contributed by atoms with E-state index >= 15 is 0 Å². The normalized spacial score (nSPS) is 14.4. The second kappa shape index (κ2) is 3.38. The van der Waals surface area contributed by atoms with E-state index in [1.165, 1.54) is 29.7 Å². The first kappa shape index (κ1) is 9.70. The Hall–Kier alpha value is -0.850. The van der Waals surface area contributed by atoms with Crippen LogP contribution >= 0.6 is 0 Å². The summed E-state index contributed by atoms with van der Waals surface area (Å²) >= 11 is 0. The van der Waals surface area contributed by atoms with Gasteiger partial charge >= 0.3 is 0 Å². The second-order valence-corrected chi connectivity index (χ2v) is 4.87. The number of hydrogen-bond donors (Lipinski definition) is 0. The molecule has 76 valence electrons. The number of rotatable bonds is 2. The lowest BCUT2D eigenvalue weighted by Crippen LogP contribution is -2.17. The van der Waals surface area contributed by atoms with Gasteiger partial charge in [-0.25, -0.2) is 0 Å². The van der Waals surface area contributed by atoms with Crippen LogP contribution in [0.15, 0.2) is 6.20 Å². The first-order valence-electron chi connectivity index (χ1n) is 5.61. The molecule has 0 radical (unpaired) electrons. The van der Waals surface area contributed by atoms with Gasteiger partial charge in [-0.15, -0.1) is 0 Å². The molecular weight excluding hydrogens is 170 g/mol. The lowest BCUT2D eigenvalue weighted by atomic mass is 9.80. The van der Waals surface area contributed by atoms with Gasteiger partial charge in [0.15, 0.2) is 0 Å². The number of aromatic nitrogens is 1. The standard InChI is InChI=1S/C13H19N/c1-8(2)12-11-6-5-10(11)7-14-13(12)9(3)4/h7-9H,5-6H2,1-4H3. The van der Waals surface area contributed by atoms with E-state index in [0.717, 1.165) is 0 Å². The van der Waals surface area contributed by atoms with Crippen LogP contribution in [0.5, 0.6) is 0 Å². The van der Waals surface area contributed by atoms with E-state index in [-0.39, 0.29) is 0 Å². The smallest absolute Gasteiger partial charge is 0.0466 e. The molecule has 1 aliphatic carbocycles. The highest BCUT2D eigenvalue weighted by Crippen LogP contribution is 2.34. The van der Waals surface area contributed by atoms with Crippen molar-refractivity contribution in [2.45, 2.75) is 52.4 Å². The number of fused-ring (bicyclic) bond motifs is 1. The molecule has 0 amide bonds. The van der Waals surface area contributed by atoms with Crippen molar-refractivity contribution < 1.29 is 0 Å². The minimum absolute atomic E-state index is 0.554. The van der Waals surface area contributed by atoms with Crippen molar-refractivity contribution in [1.29, 1.82) is 0 Å². The molecule has 1 aromatic heterocycles. The maximum Gasteiger partial charge on any atom is 0.0466 e. The third-order valence-corrected chi connectivity index (χ3v) is 3.12. The van der Waals surface area contributed by atoms with Crippen LogP contribution in [0.4, 0.5) is 0 Å². The Morgan fingerprint density at radius 1 is 1.07 bits per heavy atom. The minimum atomic E-state index is 0.554. The van der Waals surface area contributed by atoms with Gasteiger partial charge in [-0.3, -0.25) is 4.98 Å². The average Bonchev–Trinajstić information content (AvgIpc) is 2.05. The molecule has 14 heavy (non-hydrogen) atoms. The number of pyridine rings is 1. The molecule has 1 heteroatoms. The van der Waals surface area contributed by atoms with E-state index in [1.54, 1.807) is 5.56 Å². The van der Waals surface area contributed by atoms with Crippen molar-refractivity contribution in [2.24, 2.45) is 0 Å². The summed E-state index contributed by atoms with van der Waals surface area (Å²) in [7, 11) is 0. The van der Waals surface area contributed by atoms with Crippen LogP contribution in [0.2, 0.25) is 0 Å². The van der Waals surface area contributed by atoms with Gasteiger partial charge in [-0.05, 0) is 41.4 Å². The summed E-state index contributed by atoms with van der Waals surface area (Å²) < 4.78 is 0. The molecule has 0 spiro atoms. The molecule has 1 heterocycles. The number of nitrogens with zero attached hydrogens (tertiary/aromatic N) is 1. The zero-order chi connectivity index (χ0) is 10.3. The fourth-order valence-corrected chi connectivity index (χ4v) is 2.32. The van der Waals surface area contributed by atoms with Crippen molar-refractivity contribution in [1.82, 2.24) is 4.98 Å². The van der Waals surface area contributed by atoms with Gasteiger partial charge in [0.2, 0.25) is 0 Å². The van der Waals surface area contributed by atoms with Crippen LogP contribution in [0.25, 0.3) is 0 Å². The van der Waals surface area contributed by atoms with Gasteiger partial charge in [0.05, 0.1) is 0 Å². The molecule has 0 unspecified atom stereocenters. The molecule has 0 saturated heterocycles. The molecule has 0 bridgehead atoms. The maximum absolute atomic E-state index is 4.61. The second-order valence-electron chi connectivity index (χ2n) is 4.87. The van der Waals surface area contributed by atoms with Crippen LogP contribution in [-0.4, -0.2) is 4.98 Å². The molecule has 0 aliphatic heterocycles. The summed E-state index contributed by atoms with van der Waals surface area (Å²) in [5.74, 6) is 1.17. The summed E-state index contributed by atoms with van der Waals surface area (Å²) in [6.45, 7) is 9.03. The van der Waals surface area contributed by atoms with Crippen molar-refractivity contribution in [2.75, 3.05) is 0 Å². The summed E-state index contributed by atoms with van der Waals surface area (Å²) in [5, 5.41) is 0. The Morgan fingerprint density at radius 3 is 2.21 bits per heavy atom. The molecule has 1 nitrogen and oxygen atoms in total. The first-order chi connectivity index (χ1) is 6.61. The molecular formula is C13H19N. The molecule has 0 atom stereocenters. The Labute approximate surface area is 86.6 Å². The highest BCUT2D eigenvalue weighted by molar-refractivity contribution is 5.45. The van der Waals surface area contributed by atoms with Gasteiger partial charge in [0.25, 0.3) is 0 Å². The largest absolute Gasteiger partial charge is 0.260 e. The zero-order valence-corrected chi connectivity index (χ0v) is 9.59. The SMILES string of the molecule is CC(C)c1ncc2c(c1C(C)C)CC2. The van der Waals surface area contributed by atoms with Crippen molar-refractivity contribution in [3.05, 3.63) is 28.6 Å². The lowest BCUT2D eigenvalue weighted by Gasteiger charge is -2.27. The molecule has 0 N–H and O–H groups in total. The zero-order valence-electron chi connectivity index (χ0n) is 9.59. The predicted molar refractivity (Wildman–Crippen MR) is 59.8 cm³/mol. The lowest BCUT2D eigenvalue weighted by molar-refractivity contribution is 0.701. The average molecular weight is 189 g/mol. The van der Waals surface area contributed by atoms with Crippen LogP contribution < -0.4 is 0 Å². The van der Waals surface area contributed by atoms with E-state index < -0.39 is 0 Å². The quantitative estimate of drug-likeness (QED) is 0.694. The predicted octanol–water partition coefficient (Wildman–Crippen LogP) is 3.43. The van der Waals surface area contributed by atoms with Crippen LogP contribution in [0, 0.1) is 0 Å². The third kappa shape index (κ3) is 1.35. The van der Waals surface area contributed by atoms with Crippen LogP contribution in [0.3, 0.4) is 0 Å². The topological polar surface area (TPSA) is 12.9 Å². The summed E-state index contributed by atoms with van der Waals surface area (Å²) in [5.41, 5.74) is 5.93. The fraction of sp³-hybridized carbons (Fsp3) is 0.615. The highest BCUT2D eigenvalue weighted by Gasteiger charge is 2.23. The van der Waals surface area contributed by atoms with E-state index in [2.05, 4.69) is 38.9 Å². The van der Waals surface area contributed by atoms with Gasteiger partial charge in [0, 0.05) is 11.9 Å². The molecule has 1 aromatic rings. The van der Waals surface area contributed by atoms with Crippen molar-refractivity contribution in [3.63, 3.8) is 0 Å². The highest BCUT2D eigenvalue weighted by atomic mass is 14.7. The van der Waals surface area contributed by atoms with Crippen LogP contribution in [-0.2, 0) is 12.8 Å². The van der Waals surface area contributed by atoms with Gasteiger partial charge in [-0.2, -0.15) is 0 Å². The molecule has 0 fully saturated rings. The van der Waals surface area contributed by atoms with E-state index in [0.29, 0.717) is 11.8 Å². The summed E-state index contributed by atoms with van der Waals surface area (Å²) in [6, 6.07) is 0. The number of aryl methyl sites for hydroxylation is 1. The summed E-state index contributed by atoms with van der Waals surface area (Å²) in [6.07, 6.45) is 4.59. The van der Waals surface area contributed by atoms with E-state index in [9.17, 15) is 0 Å². The van der Waals surface area contributed by atoms with E-state index in [1.807, 2.05) is 0 Å². The van der Waals surface area contributed by atoms with Gasteiger partial charge in [-0.1, -0.05) is 27.7 Å². The van der Waals surface area contributed by atoms with Gasteiger partial charge < -0.3 is 0 Å².